The Hall–Kier alpha value is -1.58. The lowest BCUT2D eigenvalue weighted by molar-refractivity contribution is 0.0951. The average molecular weight is 233 g/mol. The molecule has 1 aliphatic carbocycles. The Morgan fingerprint density at radius 3 is 2.82 bits per heavy atom. The molecule has 1 heterocycles. The molecule has 1 aromatic rings. The van der Waals surface area contributed by atoms with Crippen molar-refractivity contribution < 1.29 is 4.79 Å². The third kappa shape index (κ3) is 3.19. The third-order valence-corrected chi connectivity index (χ3v) is 3.18. The van der Waals surface area contributed by atoms with Crippen LogP contribution in [0.2, 0.25) is 0 Å². The molecule has 1 amide bonds. The molecule has 0 saturated heterocycles. The van der Waals surface area contributed by atoms with Crippen molar-refractivity contribution in [1.82, 2.24) is 10.3 Å². The van der Waals surface area contributed by atoms with Crippen LogP contribution < -0.4 is 10.6 Å². The summed E-state index contributed by atoms with van der Waals surface area (Å²) in [7, 11) is 0. The smallest absolute Gasteiger partial charge is 0.252 e. The van der Waals surface area contributed by atoms with Crippen LogP contribution in [-0.2, 0) is 0 Å². The van der Waals surface area contributed by atoms with Gasteiger partial charge >= 0.3 is 0 Å². The molecule has 2 rings (SSSR count). The lowest BCUT2D eigenvalue weighted by atomic mass is 10.2. The van der Waals surface area contributed by atoms with Gasteiger partial charge in [0.05, 0.1) is 5.56 Å². The van der Waals surface area contributed by atoms with Crippen molar-refractivity contribution in [3.8, 4) is 0 Å². The molecule has 4 nitrogen and oxygen atoms in total. The quantitative estimate of drug-likeness (QED) is 0.816. The van der Waals surface area contributed by atoms with E-state index < -0.39 is 0 Å². The van der Waals surface area contributed by atoms with Crippen LogP contribution in [0.4, 0.5) is 5.82 Å². The highest BCUT2D eigenvalue weighted by Crippen LogP contribution is 2.36. The monoisotopic (exact) mass is 233 g/mol. The maximum Gasteiger partial charge on any atom is 0.252 e. The summed E-state index contributed by atoms with van der Waals surface area (Å²) in [6.07, 6.45) is 2.85. The van der Waals surface area contributed by atoms with Gasteiger partial charge in [-0.05, 0) is 37.3 Å². The number of nitrogens with one attached hydrogen (secondary N) is 2. The fraction of sp³-hybridized carbons (Fsp3) is 0.538. The second-order valence-corrected chi connectivity index (χ2v) is 4.65. The van der Waals surface area contributed by atoms with E-state index in [2.05, 4.69) is 22.5 Å². The van der Waals surface area contributed by atoms with Crippen LogP contribution >= 0.6 is 0 Å². The molecule has 4 heteroatoms. The Balaban J connectivity index is 1.85. The molecule has 92 valence electrons. The molecular weight excluding hydrogens is 214 g/mol. The topological polar surface area (TPSA) is 54.0 Å². The first-order valence-electron chi connectivity index (χ1n) is 6.18. The molecular formula is C13H19N3O. The number of pyridine rings is 1. The number of amides is 1. The van der Waals surface area contributed by atoms with Gasteiger partial charge in [0.15, 0.2) is 0 Å². The standard InChI is InChI=1S/C13H19N3O/c1-3-14-12-5-4-10(7-15-12)13(17)16-8-11-6-9(11)2/h4-5,7,9,11H,3,6,8H2,1-2H3,(H,14,15)(H,16,17). The highest BCUT2D eigenvalue weighted by Gasteiger charge is 2.32. The van der Waals surface area contributed by atoms with Crippen LogP contribution in [0.5, 0.6) is 0 Å². The van der Waals surface area contributed by atoms with Crippen molar-refractivity contribution >= 4 is 11.7 Å². The summed E-state index contributed by atoms with van der Waals surface area (Å²) in [5, 5.41) is 6.04. The van der Waals surface area contributed by atoms with Gasteiger partial charge in [0.25, 0.3) is 5.91 Å². The lowest BCUT2D eigenvalue weighted by Crippen LogP contribution is -2.26. The van der Waals surface area contributed by atoms with E-state index in [0.29, 0.717) is 11.5 Å². The number of carbonyl (C=O) groups is 1. The van der Waals surface area contributed by atoms with Crippen LogP contribution in [0.15, 0.2) is 18.3 Å². The highest BCUT2D eigenvalue weighted by molar-refractivity contribution is 5.94. The minimum Gasteiger partial charge on any atom is -0.370 e. The van der Waals surface area contributed by atoms with Crippen molar-refractivity contribution in [2.45, 2.75) is 20.3 Å². The van der Waals surface area contributed by atoms with Crippen molar-refractivity contribution in [1.29, 1.82) is 0 Å². The minimum atomic E-state index is -0.0281. The van der Waals surface area contributed by atoms with Gasteiger partial charge in [-0.15, -0.1) is 0 Å². The Morgan fingerprint density at radius 2 is 2.29 bits per heavy atom. The molecule has 2 atom stereocenters. The fourth-order valence-corrected chi connectivity index (χ4v) is 1.82. The first-order valence-corrected chi connectivity index (χ1v) is 6.18. The number of carbonyl (C=O) groups excluding carboxylic acids is 1. The third-order valence-electron chi connectivity index (χ3n) is 3.18. The second-order valence-electron chi connectivity index (χ2n) is 4.65. The van der Waals surface area contributed by atoms with E-state index in [1.807, 2.05) is 13.0 Å². The maximum absolute atomic E-state index is 11.8. The molecule has 2 unspecified atom stereocenters. The number of hydrogen-bond donors (Lipinski definition) is 2. The van der Waals surface area contributed by atoms with E-state index >= 15 is 0 Å². The van der Waals surface area contributed by atoms with E-state index in [9.17, 15) is 4.79 Å². The van der Waals surface area contributed by atoms with E-state index in [4.69, 9.17) is 0 Å². The maximum atomic E-state index is 11.8. The van der Waals surface area contributed by atoms with Gasteiger partial charge in [-0.1, -0.05) is 6.92 Å². The van der Waals surface area contributed by atoms with Gasteiger partial charge in [-0.3, -0.25) is 4.79 Å². The Labute approximate surface area is 102 Å². The van der Waals surface area contributed by atoms with Crippen molar-refractivity contribution in [3.63, 3.8) is 0 Å². The van der Waals surface area contributed by atoms with Gasteiger partial charge in [-0.2, -0.15) is 0 Å². The van der Waals surface area contributed by atoms with Gasteiger partial charge in [0.2, 0.25) is 0 Å². The summed E-state index contributed by atoms with van der Waals surface area (Å²) in [5.74, 6) is 2.22. The van der Waals surface area contributed by atoms with Gasteiger partial charge < -0.3 is 10.6 Å². The van der Waals surface area contributed by atoms with Crippen LogP contribution in [0.25, 0.3) is 0 Å². The Bertz CT molecular complexity index is 388. The number of anilines is 1. The van der Waals surface area contributed by atoms with E-state index in [-0.39, 0.29) is 5.91 Å². The first kappa shape index (κ1) is 11.9. The van der Waals surface area contributed by atoms with Gasteiger partial charge in [0, 0.05) is 19.3 Å². The summed E-state index contributed by atoms with van der Waals surface area (Å²) in [6.45, 7) is 5.84. The molecule has 1 aliphatic rings. The zero-order valence-electron chi connectivity index (χ0n) is 10.4. The highest BCUT2D eigenvalue weighted by atomic mass is 16.1. The predicted octanol–water partition coefficient (Wildman–Crippen LogP) is 1.90. The molecule has 1 aromatic heterocycles. The van der Waals surface area contributed by atoms with Crippen LogP contribution in [0.1, 0.15) is 30.6 Å². The molecule has 0 aromatic carbocycles. The summed E-state index contributed by atoms with van der Waals surface area (Å²) in [5.41, 5.74) is 0.625. The van der Waals surface area contributed by atoms with E-state index in [1.54, 1.807) is 12.3 Å². The number of hydrogen-bond acceptors (Lipinski definition) is 3. The summed E-state index contributed by atoms with van der Waals surface area (Å²) in [6, 6.07) is 3.63. The van der Waals surface area contributed by atoms with E-state index in [1.165, 1.54) is 6.42 Å². The van der Waals surface area contributed by atoms with Crippen LogP contribution in [0.3, 0.4) is 0 Å². The molecule has 1 fully saturated rings. The van der Waals surface area contributed by atoms with E-state index in [0.717, 1.165) is 24.8 Å². The van der Waals surface area contributed by atoms with Crippen LogP contribution in [-0.4, -0.2) is 24.0 Å². The van der Waals surface area contributed by atoms with Crippen molar-refractivity contribution in [3.05, 3.63) is 23.9 Å². The lowest BCUT2D eigenvalue weighted by Gasteiger charge is -2.05. The van der Waals surface area contributed by atoms with Gasteiger partial charge in [0.1, 0.15) is 5.82 Å². The summed E-state index contributed by atoms with van der Waals surface area (Å²) < 4.78 is 0. The molecule has 0 spiro atoms. The zero-order valence-corrected chi connectivity index (χ0v) is 10.4. The molecule has 0 radical (unpaired) electrons. The molecule has 0 aliphatic heterocycles. The molecule has 1 saturated carbocycles. The molecule has 2 N–H and O–H groups in total. The minimum absolute atomic E-state index is 0.0281. The fourth-order valence-electron chi connectivity index (χ4n) is 1.82. The Kier molecular flexibility index (Phi) is 3.61. The number of aromatic nitrogens is 1. The summed E-state index contributed by atoms with van der Waals surface area (Å²) >= 11 is 0. The first-order chi connectivity index (χ1) is 8.20. The van der Waals surface area contributed by atoms with Crippen molar-refractivity contribution in [2.75, 3.05) is 18.4 Å². The Morgan fingerprint density at radius 1 is 1.53 bits per heavy atom. The molecule has 17 heavy (non-hydrogen) atoms. The zero-order chi connectivity index (χ0) is 12.3. The largest absolute Gasteiger partial charge is 0.370 e. The predicted molar refractivity (Wildman–Crippen MR) is 68.0 cm³/mol. The molecule has 0 bridgehead atoms. The summed E-state index contributed by atoms with van der Waals surface area (Å²) in [4.78, 5) is 16.0. The number of nitrogens with zero attached hydrogens (tertiary/aromatic N) is 1. The number of rotatable bonds is 5. The van der Waals surface area contributed by atoms with Gasteiger partial charge in [-0.25, -0.2) is 4.98 Å². The SMILES string of the molecule is CCNc1ccc(C(=O)NCC2CC2C)cn1. The van der Waals surface area contributed by atoms with Crippen molar-refractivity contribution in [2.24, 2.45) is 11.8 Å². The van der Waals surface area contributed by atoms with Crippen LogP contribution in [0, 0.1) is 11.8 Å². The average Bonchev–Trinajstić information content (AvgIpc) is 3.04. The normalized spacial score (nSPS) is 22.0. The second kappa shape index (κ2) is 5.17.